The second-order valence-electron chi connectivity index (χ2n) is 2.26. The highest BCUT2D eigenvalue weighted by molar-refractivity contribution is 5.77. The molecule has 1 rings (SSSR count). The predicted molar refractivity (Wildman–Crippen MR) is 29.4 cm³/mol. The lowest BCUT2D eigenvalue weighted by Gasteiger charge is -2.08. The Labute approximate surface area is 60.6 Å². The molecule has 1 atom stereocenters. The van der Waals surface area contributed by atoms with Crippen LogP contribution in [-0.4, -0.2) is 12.1 Å². The zero-order chi connectivity index (χ0) is 8.65. The number of ether oxygens (including phenoxy) is 1. The number of hydrogen-bond donors (Lipinski definition) is 0. The molecular weight excluding hydrogens is 161 g/mol. The van der Waals surface area contributed by atoms with Crippen molar-refractivity contribution in [3.05, 3.63) is 12.3 Å². The topological polar surface area (TPSA) is 26.3 Å². The van der Waals surface area contributed by atoms with Crippen molar-refractivity contribution in [2.45, 2.75) is 12.6 Å². The summed E-state index contributed by atoms with van der Waals surface area (Å²) in [6.45, 7) is 3.13. The van der Waals surface area contributed by atoms with E-state index in [1.54, 1.807) is 0 Å². The van der Waals surface area contributed by atoms with Crippen LogP contribution in [-0.2, 0) is 9.53 Å². The van der Waals surface area contributed by atoms with Gasteiger partial charge in [-0.25, -0.2) is 0 Å². The first-order valence-corrected chi connectivity index (χ1v) is 2.87. The normalized spacial score (nSPS) is 25.5. The summed E-state index contributed by atoms with van der Waals surface area (Å²) in [5.41, 5.74) is 0. The third-order valence-corrected chi connectivity index (χ3v) is 1.36. The van der Waals surface area contributed by atoms with E-state index in [-0.39, 0.29) is 5.76 Å². The van der Waals surface area contributed by atoms with Crippen LogP contribution in [0.2, 0.25) is 0 Å². The standard InChI is InChI=1S/C6H5F3O2/c1-3-2-4(5(10)11-3)6(7,8)9/h4H,1-2H2. The number of rotatable bonds is 0. The van der Waals surface area contributed by atoms with Crippen LogP contribution < -0.4 is 0 Å². The maximum absolute atomic E-state index is 11.8. The molecule has 0 spiro atoms. The van der Waals surface area contributed by atoms with E-state index in [2.05, 4.69) is 11.3 Å². The predicted octanol–water partition coefficient (Wildman–Crippen LogP) is 1.63. The van der Waals surface area contributed by atoms with E-state index in [4.69, 9.17) is 0 Å². The van der Waals surface area contributed by atoms with Gasteiger partial charge in [-0.3, -0.25) is 4.79 Å². The van der Waals surface area contributed by atoms with E-state index in [9.17, 15) is 18.0 Å². The van der Waals surface area contributed by atoms with Crippen molar-refractivity contribution in [2.24, 2.45) is 5.92 Å². The van der Waals surface area contributed by atoms with Gasteiger partial charge in [-0.15, -0.1) is 0 Å². The molecule has 0 N–H and O–H groups in total. The number of carbonyl (C=O) groups is 1. The molecule has 1 aliphatic heterocycles. The van der Waals surface area contributed by atoms with Crippen molar-refractivity contribution in [3.8, 4) is 0 Å². The van der Waals surface area contributed by atoms with Gasteiger partial charge in [0.2, 0.25) is 0 Å². The molecule has 1 heterocycles. The lowest BCUT2D eigenvalue weighted by Crippen LogP contribution is -2.26. The smallest absolute Gasteiger partial charge is 0.402 e. The number of halogens is 3. The zero-order valence-electron chi connectivity index (χ0n) is 5.44. The van der Waals surface area contributed by atoms with Crippen LogP contribution in [0.25, 0.3) is 0 Å². The molecule has 62 valence electrons. The summed E-state index contributed by atoms with van der Waals surface area (Å²) in [6.07, 6.45) is -4.95. The van der Waals surface area contributed by atoms with Crippen molar-refractivity contribution in [1.82, 2.24) is 0 Å². The first-order valence-electron chi connectivity index (χ1n) is 2.87. The number of carbonyl (C=O) groups excluding carboxylic acids is 1. The van der Waals surface area contributed by atoms with Gasteiger partial charge in [-0.1, -0.05) is 6.58 Å². The molecule has 0 bridgehead atoms. The number of alkyl halides is 3. The molecule has 0 saturated carbocycles. The highest BCUT2D eigenvalue weighted by Crippen LogP contribution is 2.36. The van der Waals surface area contributed by atoms with E-state index in [1.165, 1.54) is 0 Å². The minimum Gasteiger partial charge on any atom is -0.431 e. The van der Waals surface area contributed by atoms with Gasteiger partial charge in [0.1, 0.15) is 5.76 Å². The summed E-state index contributed by atoms with van der Waals surface area (Å²) < 4.78 is 39.7. The Morgan fingerprint density at radius 1 is 1.55 bits per heavy atom. The molecule has 0 aliphatic carbocycles. The first-order chi connectivity index (χ1) is 4.91. The Balaban J connectivity index is 2.76. The molecule has 0 amide bonds. The van der Waals surface area contributed by atoms with Gasteiger partial charge in [0.15, 0.2) is 5.92 Å². The van der Waals surface area contributed by atoms with E-state index in [0.29, 0.717) is 0 Å². The molecule has 2 nitrogen and oxygen atoms in total. The summed E-state index contributed by atoms with van der Waals surface area (Å²) in [5.74, 6) is -3.37. The molecule has 5 heteroatoms. The lowest BCUT2D eigenvalue weighted by molar-refractivity contribution is -0.184. The second kappa shape index (κ2) is 2.25. The summed E-state index contributed by atoms with van der Waals surface area (Å²) in [4.78, 5) is 10.4. The number of esters is 1. The van der Waals surface area contributed by atoms with Crippen LogP contribution in [0.1, 0.15) is 6.42 Å². The van der Waals surface area contributed by atoms with Gasteiger partial charge in [-0.05, 0) is 0 Å². The average molecular weight is 166 g/mol. The molecule has 0 aromatic rings. The second-order valence-corrected chi connectivity index (χ2v) is 2.26. The maximum atomic E-state index is 11.8. The first kappa shape index (κ1) is 8.10. The Morgan fingerprint density at radius 3 is 2.27 bits per heavy atom. The third-order valence-electron chi connectivity index (χ3n) is 1.36. The summed E-state index contributed by atoms with van der Waals surface area (Å²) in [5, 5.41) is 0. The number of allylic oxidation sites excluding steroid dienone is 1. The molecule has 1 aliphatic rings. The van der Waals surface area contributed by atoms with Crippen molar-refractivity contribution >= 4 is 5.97 Å². The molecule has 0 aromatic heterocycles. The van der Waals surface area contributed by atoms with Crippen LogP contribution in [0.4, 0.5) is 13.2 Å². The Hall–Kier alpha value is -1.00. The van der Waals surface area contributed by atoms with Crippen molar-refractivity contribution in [1.29, 1.82) is 0 Å². The van der Waals surface area contributed by atoms with Crippen LogP contribution in [0, 0.1) is 5.92 Å². The maximum Gasteiger partial charge on any atom is 0.402 e. The Kier molecular flexibility index (Phi) is 1.66. The number of hydrogen-bond acceptors (Lipinski definition) is 2. The summed E-state index contributed by atoms with van der Waals surface area (Å²) in [6, 6.07) is 0. The van der Waals surface area contributed by atoms with Crippen molar-refractivity contribution in [2.75, 3.05) is 0 Å². The zero-order valence-corrected chi connectivity index (χ0v) is 5.44. The minimum absolute atomic E-state index is 0.114. The molecule has 11 heavy (non-hydrogen) atoms. The summed E-state index contributed by atoms with van der Waals surface area (Å²) >= 11 is 0. The van der Waals surface area contributed by atoms with E-state index in [0.717, 1.165) is 0 Å². The quantitative estimate of drug-likeness (QED) is 0.511. The van der Waals surface area contributed by atoms with E-state index >= 15 is 0 Å². The fourth-order valence-electron chi connectivity index (χ4n) is 0.815. The van der Waals surface area contributed by atoms with Crippen LogP contribution in [0.15, 0.2) is 12.3 Å². The minimum atomic E-state index is -4.50. The SMILES string of the molecule is C=C1CC(C(F)(F)F)C(=O)O1. The van der Waals surface area contributed by atoms with Crippen LogP contribution in [0.3, 0.4) is 0 Å². The van der Waals surface area contributed by atoms with Gasteiger partial charge in [0.25, 0.3) is 0 Å². The van der Waals surface area contributed by atoms with Gasteiger partial charge >= 0.3 is 12.1 Å². The molecule has 0 aromatic carbocycles. The fourth-order valence-corrected chi connectivity index (χ4v) is 0.815. The molecular formula is C6H5F3O2. The summed E-state index contributed by atoms with van der Waals surface area (Å²) in [7, 11) is 0. The third kappa shape index (κ3) is 1.53. The monoisotopic (exact) mass is 166 g/mol. The van der Waals surface area contributed by atoms with Crippen LogP contribution in [0.5, 0.6) is 0 Å². The average Bonchev–Trinajstić information content (AvgIpc) is 2.08. The number of cyclic esters (lactones) is 1. The van der Waals surface area contributed by atoms with E-state index in [1.807, 2.05) is 0 Å². The van der Waals surface area contributed by atoms with E-state index < -0.39 is 24.5 Å². The molecule has 1 fully saturated rings. The highest BCUT2D eigenvalue weighted by Gasteiger charge is 2.50. The van der Waals surface area contributed by atoms with Gasteiger partial charge in [-0.2, -0.15) is 13.2 Å². The molecule has 1 saturated heterocycles. The van der Waals surface area contributed by atoms with Gasteiger partial charge in [0.05, 0.1) is 0 Å². The van der Waals surface area contributed by atoms with Crippen molar-refractivity contribution < 1.29 is 22.7 Å². The fraction of sp³-hybridized carbons (Fsp3) is 0.500. The molecule has 0 radical (unpaired) electrons. The highest BCUT2D eigenvalue weighted by atomic mass is 19.4. The Bertz CT molecular complexity index is 206. The lowest BCUT2D eigenvalue weighted by atomic mass is 10.1. The van der Waals surface area contributed by atoms with Crippen molar-refractivity contribution in [3.63, 3.8) is 0 Å². The largest absolute Gasteiger partial charge is 0.431 e. The van der Waals surface area contributed by atoms with Gasteiger partial charge in [0, 0.05) is 6.42 Å². The Morgan fingerprint density at radius 2 is 2.09 bits per heavy atom. The van der Waals surface area contributed by atoms with Crippen LogP contribution >= 0.6 is 0 Å². The van der Waals surface area contributed by atoms with Gasteiger partial charge < -0.3 is 4.74 Å². The molecule has 1 unspecified atom stereocenters.